The highest BCUT2D eigenvalue weighted by atomic mass is 16.5. The standard InChI is InChI=1S/C26H35N3O5/c1-3-13-29(24(30)19-7-8-19)17-21-6-5-14-28(21)18-22-9-10-23(34-22)25(31)27-15-11-20(12-16-27)26(32)33-4-2/h5-6,9-10,14,19-20H,3-4,7-8,11-13,15-18H2,1-2H3. The highest BCUT2D eigenvalue weighted by Gasteiger charge is 2.33. The minimum absolute atomic E-state index is 0.137. The van der Waals surface area contributed by atoms with Crippen molar-refractivity contribution in [2.24, 2.45) is 11.8 Å². The smallest absolute Gasteiger partial charge is 0.309 e. The molecule has 8 heteroatoms. The maximum atomic E-state index is 12.9. The fraction of sp³-hybridized carbons (Fsp3) is 0.577. The van der Waals surface area contributed by atoms with Crippen molar-refractivity contribution >= 4 is 17.8 Å². The zero-order valence-electron chi connectivity index (χ0n) is 20.2. The molecule has 0 bridgehead atoms. The molecule has 0 unspecified atom stereocenters. The van der Waals surface area contributed by atoms with Crippen molar-refractivity contribution in [3.8, 4) is 0 Å². The molecule has 4 rings (SSSR count). The van der Waals surface area contributed by atoms with Crippen molar-refractivity contribution in [3.63, 3.8) is 0 Å². The Morgan fingerprint density at radius 2 is 1.82 bits per heavy atom. The molecule has 8 nitrogen and oxygen atoms in total. The number of nitrogens with zero attached hydrogens (tertiary/aromatic N) is 3. The number of amides is 2. The molecule has 2 amide bonds. The van der Waals surface area contributed by atoms with E-state index in [4.69, 9.17) is 9.15 Å². The lowest BCUT2D eigenvalue weighted by Crippen LogP contribution is -2.40. The average Bonchev–Trinajstić information content (AvgIpc) is 3.45. The van der Waals surface area contributed by atoms with Gasteiger partial charge in [-0.1, -0.05) is 6.92 Å². The molecule has 184 valence electrons. The average molecular weight is 470 g/mol. The van der Waals surface area contributed by atoms with Gasteiger partial charge in [-0.2, -0.15) is 0 Å². The zero-order valence-corrected chi connectivity index (χ0v) is 20.2. The summed E-state index contributed by atoms with van der Waals surface area (Å²) < 4.78 is 13.1. The van der Waals surface area contributed by atoms with Crippen LogP contribution < -0.4 is 0 Å². The summed E-state index contributed by atoms with van der Waals surface area (Å²) in [4.78, 5) is 41.2. The molecule has 1 saturated heterocycles. The normalized spacial score (nSPS) is 16.5. The van der Waals surface area contributed by atoms with Crippen LogP contribution in [0.2, 0.25) is 0 Å². The van der Waals surface area contributed by atoms with E-state index in [1.54, 1.807) is 17.9 Å². The predicted molar refractivity (Wildman–Crippen MR) is 126 cm³/mol. The SMILES string of the molecule is CCCN(Cc1cccn1Cc1ccc(C(=O)N2CCC(C(=O)OCC)CC2)o1)C(=O)C1CC1. The molecule has 2 aromatic heterocycles. The first-order valence-electron chi connectivity index (χ1n) is 12.5. The van der Waals surface area contributed by atoms with Gasteiger partial charge in [0, 0.05) is 37.4 Å². The van der Waals surface area contributed by atoms with Crippen molar-refractivity contribution in [2.75, 3.05) is 26.2 Å². The van der Waals surface area contributed by atoms with E-state index in [1.165, 1.54) is 0 Å². The summed E-state index contributed by atoms with van der Waals surface area (Å²) in [7, 11) is 0. The molecule has 0 N–H and O–H groups in total. The third-order valence-electron chi connectivity index (χ3n) is 6.61. The van der Waals surface area contributed by atoms with Gasteiger partial charge < -0.3 is 23.5 Å². The summed E-state index contributed by atoms with van der Waals surface area (Å²) in [5, 5.41) is 0. The number of likely N-dealkylation sites (tertiary alicyclic amines) is 1. The van der Waals surface area contributed by atoms with Gasteiger partial charge in [0.15, 0.2) is 5.76 Å². The topological polar surface area (TPSA) is 85.0 Å². The van der Waals surface area contributed by atoms with E-state index >= 15 is 0 Å². The third kappa shape index (κ3) is 5.72. The van der Waals surface area contributed by atoms with Crippen LogP contribution in [0.15, 0.2) is 34.9 Å². The summed E-state index contributed by atoms with van der Waals surface area (Å²) in [6.07, 6.45) is 6.13. The largest absolute Gasteiger partial charge is 0.466 e. The second-order valence-electron chi connectivity index (χ2n) is 9.25. The van der Waals surface area contributed by atoms with Crippen LogP contribution in [0.25, 0.3) is 0 Å². The maximum absolute atomic E-state index is 12.9. The molecule has 0 atom stereocenters. The maximum Gasteiger partial charge on any atom is 0.309 e. The van der Waals surface area contributed by atoms with E-state index in [0.29, 0.717) is 57.1 Å². The van der Waals surface area contributed by atoms with E-state index < -0.39 is 0 Å². The van der Waals surface area contributed by atoms with Gasteiger partial charge in [0.25, 0.3) is 5.91 Å². The van der Waals surface area contributed by atoms with Crippen LogP contribution in [0.5, 0.6) is 0 Å². The Labute approximate surface area is 200 Å². The Bertz CT molecular complexity index is 998. The molecule has 1 saturated carbocycles. The molecular formula is C26H35N3O5. The number of carbonyl (C=O) groups excluding carboxylic acids is 3. The van der Waals surface area contributed by atoms with Crippen LogP contribution in [0.4, 0.5) is 0 Å². The predicted octanol–water partition coefficient (Wildman–Crippen LogP) is 3.69. The Hall–Kier alpha value is -3.03. The Morgan fingerprint density at radius 1 is 1.06 bits per heavy atom. The third-order valence-corrected chi connectivity index (χ3v) is 6.61. The van der Waals surface area contributed by atoms with Gasteiger partial charge in [0.2, 0.25) is 5.91 Å². The number of rotatable bonds is 10. The molecular weight excluding hydrogens is 434 g/mol. The van der Waals surface area contributed by atoms with Gasteiger partial charge in [0.05, 0.1) is 25.6 Å². The second kappa shape index (κ2) is 10.9. The highest BCUT2D eigenvalue weighted by molar-refractivity contribution is 5.91. The minimum atomic E-state index is -0.172. The Balaban J connectivity index is 1.35. The first-order chi connectivity index (χ1) is 16.5. The number of furan rings is 1. The van der Waals surface area contributed by atoms with Gasteiger partial charge >= 0.3 is 5.97 Å². The van der Waals surface area contributed by atoms with E-state index in [-0.39, 0.29) is 29.6 Å². The van der Waals surface area contributed by atoms with Crippen molar-refractivity contribution in [1.29, 1.82) is 0 Å². The number of carbonyl (C=O) groups is 3. The van der Waals surface area contributed by atoms with Gasteiger partial charge in [-0.05, 0) is 63.3 Å². The van der Waals surface area contributed by atoms with Crippen molar-refractivity contribution < 1.29 is 23.5 Å². The lowest BCUT2D eigenvalue weighted by Gasteiger charge is -2.30. The second-order valence-corrected chi connectivity index (χ2v) is 9.25. The molecule has 0 radical (unpaired) electrons. The summed E-state index contributed by atoms with van der Waals surface area (Å²) in [5.74, 6) is 1.01. The number of hydrogen-bond acceptors (Lipinski definition) is 5. The number of piperidine rings is 1. The van der Waals surface area contributed by atoms with Crippen molar-refractivity contribution in [2.45, 2.75) is 59.0 Å². The van der Waals surface area contributed by atoms with Gasteiger partial charge in [-0.25, -0.2) is 0 Å². The summed E-state index contributed by atoms with van der Waals surface area (Å²) >= 11 is 0. The van der Waals surface area contributed by atoms with Crippen LogP contribution in [0, 0.1) is 11.8 Å². The van der Waals surface area contributed by atoms with E-state index in [2.05, 4.69) is 11.5 Å². The number of hydrogen-bond donors (Lipinski definition) is 0. The van der Waals surface area contributed by atoms with E-state index in [0.717, 1.165) is 31.5 Å². The molecule has 2 fully saturated rings. The fourth-order valence-electron chi connectivity index (χ4n) is 4.55. The zero-order chi connectivity index (χ0) is 24.1. The number of aromatic nitrogens is 1. The Kier molecular flexibility index (Phi) is 7.75. The van der Waals surface area contributed by atoms with Crippen molar-refractivity contribution in [3.05, 3.63) is 47.7 Å². The highest BCUT2D eigenvalue weighted by Crippen LogP contribution is 2.31. The van der Waals surface area contributed by atoms with Crippen LogP contribution in [-0.2, 0) is 27.4 Å². The van der Waals surface area contributed by atoms with Crippen LogP contribution in [0.1, 0.15) is 68.0 Å². The lowest BCUT2D eigenvalue weighted by molar-refractivity contribution is -0.149. The van der Waals surface area contributed by atoms with Crippen LogP contribution >= 0.6 is 0 Å². The summed E-state index contributed by atoms with van der Waals surface area (Å²) in [6, 6.07) is 7.56. The molecule has 3 heterocycles. The lowest BCUT2D eigenvalue weighted by atomic mass is 9.97. The van der Waals surface area contributed by atoms with Gasteiger partial charge in [0.1, 0.15) is 5.76 Å². The number of esters is 1. The van der Waals surface area contributed by atoms with E-state index in [9.17, 15) is 14.4 Å². The molecule has 2 aromatic rings. The summed E-state index contributed by atoms with van der Waals surface area (Å²) in [5.41, 5.74) is 1.05. The van der Waals surface area contributed by atoms with Crippen LogP contribution in [0.3, 0.4) is 0 Å². The van der Waals surface area contributed by atoms with Crippen LogP contribution in [-0.4, -0.2) is 58.4 Å². The molecule has 34 heavy (non-hydrogen) atoms. The molecule has 2 aliphatic rings. The molecule has 1 aliphatic carbocycles. The molecule has 0 aromatic carbocycles. The summed E-state index contributed by atoms with van der Waals surface area (Å²) in [6.45, 7) is 7.14. The fourth-order valence-corrected chi connectivity index (χ4v) is 4.55. The molecule has 0 spiro atoms. The first kappa shape index (κ1) is 24.1. The monoisotopic (exact) mass is 469 g/mol. The number of ether oxygens (including phenoxy) is 1. The van der Waals surface area contributed by atoms with Gasteiger partial charge in [-0.15, -0.1) is 0 Å². The quantitative estimate of drug-likeness (QED) is 0.496. The molecule has 1 aliphatic heterocycles. The Morgan fingerprint density at radius 3 is 2.50 bits per heavy atom. The van der Waals surface area contributed by atoms with Gasteiger partial charge in [-0.3, -0.25) is 14.4 Å². The van der Waals surface area contributed by atoms with E-state index in [1.807, 2.05) is 29.3 Å². The first-order valence-corrected chi connectivity index (χ1v) is 12.5. The van der Waals surface area contributed by atoms with Crippen molar-refractivity contribution in [1.82, 2.24) is 14.4 Å². The minimum Gasteiger partial charge on any atom is -0.466 e.